The minimum Gasteiger partial charge on any atom is -0.496 e. The molecule has 0 aliphatic heterocycles. The molecule has 1 unspecified atom stereocenters. The fourth-order valence-corrected chi connectivity index (χ4v) is 1.63. The van der Waals surface area contributed by atoms with E-state index in [2.05, 4.69) is 0 Å². The van der Waals surface area contributed by atoms with Crippen LogP contribution in [0.2, 0.25) is 0 Å². The molecule has 1 atom stereocenters. The molecule has 0 saturated heterocycles. The maximum absolute atomic E-state index is 13.6. The summed E-state index contributed by atoms with van der Waals surface area (Å²) in [7, 11) is 1.38. The number of carboxylic acids is 1. The molecule has 0 saturated carbocycles. The number of carbonyl (C=O) groups is 1. The first-order valence-corrected chi connectivity index (χ1v) is 4.72. The molecule has 3 N–H and O–H groups in total. The van der Waals surface area contributed by atoms with Gasteiger partial charge in [-0.15, -0.1) is 0 Å². The van der Waals surface area contributed by atoms with Crippen LogP contribution in [-0.2, 0) is 10.3 Å². The first-order valence-electron chi connectivity index (χ1n) is 4.72. The quantitative estimate of drug-likeness (QED) is 0.817. The maximum Gasteiger partial charge on any atom is 0.305 e. The van der Waals surface area contributed by atoms with Gasteiger partial charge in [-0.2, -0.15) is 0 Å². The predicted octanol–water partition coefficient (Wildman–Crippen LogP) is 1.48. The van der Waals surface area contributed by atoms with Gasteiger partial charge in [0.05, 0.1) is 19.1 Å². The van der Waals surface area contributed by atoms with Crippen LogP contribution in [0.4, 0.5) is 4.39 Å². The third kappa shape index (κ3) is 2.49. The van der Waals surface area contributed by atoms with E-state index in [9.17, 15) is 9.18 Å². The minimum absolute atomic E-state index is 0.0832. The van der Waals surface area contributed by atoms with Gasteiger partial charge in [-0.25, -0.2) is 4.39 Å². The molecular formula is C11H14FNO3. The number of nitrogens with two attached hydrogens (primary N) is 1. The lowest BCUT2D eigenvalue weighted by molar-refractivity contribution is -0.138. The van der Waals surface area contributed by atoms with Gasteiger partial charge in [0.2, 0.25) is 0 Å². The number of carboxylic acid groups (broad SMARTS) is 1. The largest absolute Gasteiger partial charge is 0.496 e. The van der Waals surface area contributed by atoms with Crippen LogP contribution in [0.3, 0.4) is 0 Å². The summed E-state index contributed by atoms with van der Waals surface area (Å²) in [6.07, 6.45) is -0.371. The number of hydrogen-bond donors (Lipinski definition) is 2. The van der Waals surface area contributed by atoms with Crippen LogP contribution < -0.4 is 10.5 Å². The van der Waals surface area contributed by atoms with Gasteiger partial charge in [0.15, 0.2) is 0 Å². The third-order valence-electron chi connectivity index (χ3n) is 2.28. The summed E-state index contributed by atoms with van der Waals surface area (Å²) in [4.78, 5) is 10.7. The molecule has 0 spiro atoms. The number of methoxy groups -OCH3 is 1. The Morgan fingerprint density at radius 2 is 2.25 bits per heavy atom. The van der Waals surface area contributed by atoms with Crippen molar-refractivity contribution in [3.63, 3.8) is 0 Å². The lowest BCUT2D eigenvalue weighted by Gasteiger charge is -2.25. The second-order valence-corrected chi connectivity index (χ2v) is 3.81. The Kier molecular flexibility index (Phi) is 3.49. The SMILES string of the molecule is COc1cccc(F)c1C(C)(N)CC(=O)O. The van der Waals surface area contributed by atoms with Gasteiger partial charge in [0, 0.05) is 5.56 Å². The molecule has 1 rings (SSSR count). The van der Waals surface area contributed by atoms with E-state index in [-0.39, 0.29) is 17.7 Å². The van der Waals surface area contributed by atoms with E-state index in [0.717, 1.165) is 0 Å². The van der Waals surface area contributed by atoms with Crippen molar-refractivity contribution >= 4 is 5.97 Å². The lowest BCUT2D eigenvalue weighted by Crippen LogP contribution is -2.37. The van der Waals surface area contributed by atoms with E-state index in [1.807, 2.05) is 0 Å². The van der Waals surface area contributed by atoms with Crippen molar-refractivity contribution in [2.24, 2.45) is 5.73 Å². The Hall–Kier alpha value is -1.62. The summed E-state index contributed by atoms with van der Waals surface area (Å²) in [6, 6.07) is 4.25. The van der Waals surface area contributed by atoms with Crippen LogP contribution in [0.5, 0.6) is 5.75 Å². The fraction of sp³-hybridized carbons (Fsp3) is 0.364. The summed E-state index contributed by atoms with van der Waals surface area (Å²) in [5, 5.41) is 8.72. The third-order valence-corrected chi connectivity index (χ3v) is 2.28. The first kappa shape index (κ1) is 12.4. The number of ether oxygens (including phenoxy) is 1. The number of halogens is 1. The summed E-state index contributed by atoms with van der Waals surface area (Å²) in [6.45, 7) is 1.46. The molecule has 0 fully saturated rings. The molecule has 5 heteroatoms. The lowest BCUT2D eigenvalue weighted by atomic mass is 9.88. The van der Waals surface area contributed by atoms with Crippen molar-refractivity contribution in [3.05, 3.63) is 29.6 Å². The summed E-state index contributed by atoms with van der Waals surface area (Å²) in [5.41, 5.74) is 4.60. The Bertz CT molecular complexity index is 404. The topological polar surface area (TPSA) is 72.5 Å². The molecule has 0 aliphatic rings. The average Bonchev–Trinajstić information content (AvgIpc) is 2.14. The van der Waals surface area contributed by atoms with Crippen molar-refractivity contribution in [3.8, 4) is 5.75 Å². The fourth-order valence-electron chi connectivity index (χ4n) is 1.63. The minimum atomic E-state index is -1.30. The summed E-state index contributed by atoms with van der Waals surface area (Å²) >= 11 is 0. The molecule has 0 amide bonds. The summed E-state index contributed by atoms with van der Waals surface area (Å²) in [5.74, 6) is -1.40. The molecular weight excluding hydrogens is 213 g/mol. The van der Waals surface area contributed by atoms with Crippen molar-refractivity contribution in [1.29, 1.82) is 0 Å². The zero-order valence-corrected chi connectivity index (χ0v) is 9.16. The van der Waals surface area contributed by atoms with Crippen molar-refractivity contribution < 1.29 is 19.0 Å². The van der Waals surface area contributed by atoms with E-state index in [4.69, 9.17) is 15.6 Å². The van der Waals surface area contributed by atoms with Gasteiger partial charge < -0.3 is 15.6 Å². The van der Waals surface area contributed by atoms with Crippen LogP contribution in [0.15, 0.2) is 18.2 Å². The van der Waals surface area contributed by atoms with Crippen LogP contribution in [-0.4, -0.2) is 18.2 Å². The number of rotatable bonds is 4. The van der Waals surface area contributed by atoms with Crippen LogP contribution in [0.25, 0.3) is 0 Å². The van der Waals surface area contributed by atoms with Gasteiger partial charge in [0.1, 0.15) is 11.6 Å². The van der Waals surface area contributed by atoms with Crippen molar-refractivity contribution in [2.75, 3.05) is 7.11 Å². The van der Waals surface area contributed by atoms with Crippen LogP contribution >= 0.6 is 0 Å². The second-order valence-electron chi connectivity index (χ2n) is 3.81. The smallest absolute Gasteiger partial charge is 0.305 e. The van der Waals surface area contributed by atoms with Gasteiger partial charge in [-0.1, -0.05) is 6.07 Å². The number of hydrogen-bond acceptors (Lipinski definition) is 3. The monoisotopic (exact) mass is 227 g/mol. The first-order chi connectivity index (χ1) is 7.38. The molecule has 88 valence electrons. The molecule has 0 radical (unpaired) electrons. The Labute approximate surface area is 92.8 Å². The van der Waals surface area contributed by atoms with Gasteiger partial charge >= 0.3 is 5.97 Å². The molecule has 1 aromatic rings. The zero-order valence-electron chi connectivity index (χ0n) is 9.16. The number of benzene rings is 1. The van der Waals surface area contributed by atoms with E-state index in [1.165, 1.54) is 26.2 Å². The molecule has 0 heterocycles. The van der Waals surface area contributed by atoms with Gasteiger partial charge in [0.25, 0.3) is 0 Å². The Balaban J connectivity index is 3.24. The highest BCUT2D eigenvalue weighted by atomic mass is 19.1. The van der Waals surface area contributed by atoms with E-state index < -0.39 is 17.3 Å². The average molecular weight is 227 g/mol. The number of aliphatic carboxylic acids is 1. The van der Waals surface area contributed by atoms with E-state index in [0.29, 0.717) is 0 Å². The van der Waals surface area contributed by atoms with Gasteiger partial charge in [-0.3, -0.25) is 4.79 Å². The second kappa shape index (κ2) is 4.49. The summed E-state index contributed by atoms with van der Waals surface area (Å²) < 4.78 is 18.6. The van der Waals surface area contributed by atoms with Crippen molar-refractivity contribution in [2.45, 2.75) is 18.9 Å². The normalized spacial score (nSPS) is 14.2. The highest BCUT2D eigenvalue weighted by Crippen LogP contribution is 2.32. The van der Waals surface area contributed by atoms with E-state index in [1.54, 1.807) is 6.07 Å². The Morgan fingerprint density at radius 3 is 2.75 bits per heavy atom. The van der Waals surface area contributed by atoms with Crippen LogP contribution in [0.1, 0.15) is 18.9 Å². The van der Waals surface area contributed by atoms with E-state index >= 15 is 0 Å². The van der Waals surface area contributed by atoms with Crippen molar-refractivity contribution in [1.82, 2.24) is 0 Å². The molecule has 16 heavy (non-hydrogen) atoms. The molecule has 0 aromatic heterocycles. The standard InChI is InChI=1S/C11H14FNO3/c1-11(13,6-9(14)15)10-7(12)4-3-5-8(10)16-2/h3-5H,6,13H2,1-2H3,(H,14,15). The molecule has 1 aromatic carbocycles. The van der Waals surface area contributed by atoms with Crippen LogP contribution in [0, 0.1) is 5.82 Å². The highest BCUT2D eigenvalue weighted by molar-refractivity contribution is 5.69. The zero-order chi connectivity index (χ0) is 12.3. The molecule has 4 nitrogen and oxygen atoms in total. The van der Waals surface area contributed by atoms with Gasteiger partial charge in [-0.05, 0) is 19.1 Å². The highest BCUT2D eigenvalue weighted by Gasteiger charge is 2.31. The molecule has 0 bridgehead atoms. The maximum atomic E-state index is 13.6. The molecule has 0 aliphatic carbocycles. The Morgan fingerprint density at radius 1 is 1.62 bits per heavy atom. The predicted molar refractivity (Wildman–Crippen MR) is 56.7 cm³/mol.